The van der Waals surface area contributed by atoms with Crippen LogP contribution in [0.25, 0.3) is 11.1 Å². The number of nitrogens with zero attached hydrogens (tertiary/aromatic N) is 1. The minimum absolute atomic E-state index is 0.133. The van der Waals surface area contributed by atoms with Gasteiger partial charge >= 0.3 is 5.76 Å². The molecule has 3 aromatic rings. The van der Waals surface area contributed by atoms with E-state index in [1.165, 1.54) is 15.9 Å². The Balaban J connectivity index is 1.83. The molecule has 1 N–H and O–H groups in total. The lowest BCUT2D eigenvalue weighted by atomic mass is 10.2. The van der Waals surface area contributed by atoms with Gasteiger partial charge in [-0.25, -0.2) is 17.9 Å². The van der Waals surface area contributed by atoms with Gasteiger partial charge in [-0.05, 0) is 36.8 Å². The van der Waals surface area contributed by atoms with E-state index >= 15 is 0 Å². The van der Waals surface area contributed by atoms with Crippen LogP contribution in [0.15, 0.2) is 43.8 Å². The highest BCUT2D eigenvalue weighted by atomic mass is 32.2. The van der Waals surface area contributed by atoms with Crippen LogP contribution >= 0.6 is 11.3 Å². The second-order valence-corrected chi connectivity index (χ2v) is 8.20. The maximum absolute atomic E-state index is 12.2. The van der Waals surface area contributed by atoms with Gasteiger partial charge in [0.1, 0.15) is 4.21 Å². The fourth-order valence-electron chi connectivity index (χ4n) is 2.09. The van der Waals surface area contributed by atoms with E-state index in [0.717, 1.165) is 10.4 Å². The van der Waals surface area contributed by atoms with Crippen molar-refractivity contribution in [1.82, 2.24) is 9.29 Å². The molecule has 2 aromatic heterocycles. The van der Waals surface area contributed by atoms with E-state index < -0.39 is 15.8 Å². The molecule has 1 aromatic carbocycles. The van der Waals surface area contributed by atoms with Gasteiger partial charge in [-0.3, -0.25) is 4.57 Å². The van der Waals surface area contributed by atoms with Crippen molar-refractivity contribution in [2.24, 2.45) is 7.05 Å². The van der Waals surface area contributed by atoms with Crippen LogP contribution in [0.1, 0.15) is 10.4 Å². The van der Waals surface area contributed by atoms with Crippen molar-refractivity contribution in [3.8, 4) is 0 Å². The molecule has 116 valence electrons. The second-order valence-electron chi connectivity index (χ2n) is 4.92. The Morgan fingerprint density at radius 1 is 1.27 bits per heavy atom. The van der Waals surface area contributed by atoms with Crippen LogP contribution in [0.5, 0.6) is 0 Å². The molecule has 8 heteroatoms. The molecule has 0 unspecified atom stereocenters. The summed E-state index contributed by atoms with van der Waals surface area (Å²) < 4.78 is 33.7. The number of aryl methyl sites for hydroxylation is 2. The maximum atomic E-state index is 12.2. The van der Waals surface area contributed by atoms with Crippen LogP contribution in [0, 0.1) is 6.92 Å². The van der Waals surface area contributed by atoms with Crippen LogP contribution in [-0.2, 0) is 23.6 Å². The number of aromatic nitrogens is 1. The summed E-state index contributed by atoms with van der Waals surface area (Å²) in [6.07, 6.45) is 0. The molecule has 22 heavy (non-hydrogen) atoms. The number of rotatable bonds is 4. The van der Waals surface area contributed by atoms with E-state index in [1.807, 2.05) is 6.92 Å². The van der Waals surface area contributed by atoms with Crippen molar-refractivity contribution < 1.29 is 12.8 Å². The molecule has 2 heterocycles. The lowest BCUT2D eigenvalue weighted by molar-refractivity contribution is 0.527. The zero-order valence-electron chi connectivity index (χ0n) is 12.0. The number of oxazole rings is 1. The van der Waals surface area contributed by atoms with Crippen molar-refractivity contribution >= 4 is 32.5 Å². The summed E-state index contributed by atoms with van der Waals surface area (Å²) in [5.41, 5.74) is 1.83. The number of nitrogens with one attached hydrogen (secondary N) is 1. The summed E-state index contributed by atoms with van der Waals surface area (Å²) >= 11 is 1.22. The van der Waals surface area contributed by atoms with Gasteiger partial charge in [0.15, 0.2) is 5.58 Å². The van der Waals surface area contributed by atoms with Crippen LogP contribution in [0.4, 0.5) is 0 Å². The number of sulfonamides is 1. The van der Waals surface area contributed by atoms with Crippen LogP contribution in [0.3, 0.4) is 0 Å². The number of hydrogen-bond acceptors (Lipinski definition) is 5. The predicted octanol–water partition coefficient (Wildman–Crippen LogP) is 1.98. The van der Waals surface area contributed by atoms with E-state index in [4.69, 9.17) is 4.42 Å². The summed E-state index contributed by atoms with van der Waals surface area (Å²) in [5.74, 6) is -0.443. The number of fused-ring (bicyclic) bond motifs is 1. The lowest BCUT2D eigenvalue weighted by Crippen LogP contribution is -2.22. The smallest absolute Gasteiger partial charge is 0.408 e. The predicted molar refractivity (Wildman–Crippen MR) is 84.5 cm³/mol. The molecule has 0 bridgehead atoms. The highest BCUT2D eigenvalue weighted by Crippen LogP contribution is 2.21. The molecule has 0 aliphatic carbocycles. The minimum Gasteiger partial charge on any atom is -0.408 e. The van der Waals surface area contributed by atoms with E-state index in [2.05, 4.69) is 4.72 Å². The topological polar surface area (TPSA) is 81.3 Å². The van der Waals surface area contributed by atoms with Gasteiger partial charge in [-0.1, -0.05) is 6.07 Å². The highest BCUT2D eigenvalue weighted by Gasteiger charge is 2.16. The second kappa shape index (κ2) is 5.38. The summed E-state index contributed by atoms with van der Waals surface area (Å²) in [5, 5.41) is 0. The van der Waals surface area contributed by atoms with Gasteiger partial charge in [0.2, 0.25) is 10.0 Å². The van der Waals surface area contributed by atoms with Gasteiger partial charge in [0.05, 0.1) is 5.52 Å². The standard InChI is InChI=1S/C14H14N2O4S2/c1-9-3-6-13(21-9)22(18,19)15-8-10-4-5-11-12(7-10)20-14(17)16(11)2/h3-7,15H,8H2,1-2H3. The Kier molecular flexibility index (Phi) is 3.67. The van der Waals surface area contributed by atoms with Gasteiger partial charge in [-0.15, -0.1) is 11.3 Å². The molecular formula is C14H14N2O4S2. The summed E-state index contributed by atoms with van der Waals surface area (Å²) in [4.78, 5) is 12.4. The number of benzene rings is 1. The number of thiophene rings is 1. The van der Waals surface area contributed by atoms with E-state index in [-0.39, 0.29) is 10.8 Å². The first-order valence-electron chi connectivity index (χ1n) is 6.51. The Hall–Kier alpha value is -1.90. The van der Waals surface area contributed by atoms with Gasteiger partial charge in [0, 0.05) is 18.5 Å². The van der Waals surface area contributed by atoms with E-state index in [1.54, 1.807) is 37.4 Å². The molecule has 6 nitrogen and oxygen atoms in total. The third-order valence-electron chi connectivity index (χ3n) is 3.30. The van der Waals surface area contributed by atoms with Crippen LogP contribution < -0.4 is 10.5 Å². The monoisotopic (exact) mass is 338 g/mol. The third-order valence-corrected chi connectivity index (χ3v) is 6.20. The van der Waals surface area contributed by atoms with Gasteiger partial charge in [-0.2, -0.15) is 0 Å². The maximum Gasteiger partial charge on any atom is 0.419 e. The summed E-state index contributed by atoms with van der Waals surface area (Å²) in [6.45, 7) is 1.99. The average Bonchev–Trinajstić information content (AvgIpc) is 3.02. The normalized spacial score (nSPS) is 12.1. The summed E-state index contributed by atoms with van der Waals surface area (Å²) in [7, 11) is -1.90. The third kappa shape index (κ3) is 2.72. The summed E-state index contributed by atoms with van der Waals surface area (Å²) in [6, 6.07) is 8.52. The van der Waals surface area contributed by atoms with Crippen molar-refractivity contribution in [3.63, 3.8) is 0 Å². The Labute approximate surface area is 131 Å². The zero-order valence-corrected chi connectivity index (χ0v) is 13.6. The van der Waals surface area contributed by atoms with Crippen molar-refractivity contribution in [1.29, 1.82) is 0 Å². The molecule has 0 saturated heterocycles. The first-order valence-corrected chi connectivity index (χ1v) is 8.81. The molecule has 0 saturated carbocycles. The van der Waals surface area contributed by atoms with E-state index in [0.29, 0.717) is 11.1 Å². The molecule has 0 aliphatic rings. The average molecular weight is 338 g/mol. The van der Waals surface area contributed by atoms with Gasteiger partial charge in [0.25, 0.3) is 0 Å². The van der Waals surface area contributed by atoms with Gasteiger partial charge < -0.3 is 4.42 Å². The fourth-order valence-corrected chi connectivity index (χ4v) is 4.44. The van der Waals surface area contributed by atoms with Crippen LogP contribution in [0.2, 0.25) is 0 Å². The molecule has 0 radical (unpaired) electrons. The SMILES string of the molecule is Cc1ccc(S(=O)(=O)NCc2ccc3c(c2)oc(=O)n3C)s1. The molecular weight excluding hydrogens is 324 g/mol. The molecule has 0 aliphatic heterocycles. The Morgan fingerprint density at radius 2 is 2.05 bits per heavy atom. The molecule has 0 fully saturated rings. The minimum atomic E-state index is -3.52. The first kappa shape index (κ1) is 15.0. The molecule has 0 atom stereocenters. The van der Waals surface area contributed by atoms with E-state index in [9.17, 15) is 13.2 Å². The fraction of sp³-hybridized carbons (Fsp3) is 0.214. The highest BCUT2D eigenvalue weighted by molar-refractivity contribution is 7.91. The molecule has 0 spiro atoms. The molecule has 0 amide bonds. The zero-order chi connectivity index (χ0) is 15.9. The molecule has 3 rings (SSSR count). The lowest BCUT2D eigenvalue weighted by Gasteiger charge is -2.05. The quantitative estimate of drug-likeness (QED) is 0.789. The largest absolute Gasteiger partial charge is 0.419 e. The van der Waals surface area contributed by atoms with Crippen molar-refractivity contribution in [2.45, 2.75) is 17.7 Å². The number of hydrogen-bond donors (Lipinski definition) is 1. The van der Waals surface area contributed by atoms with Crippen molar-refractivity contribution in [3.05, 3.63) is 51.3 Å². The van der Waals surface area contributed by atoms with Crippen LogP contribution in [-0.4, -0.2) is 13.0 Å². The Morgan fingerprint density at radius 3 is 2.73 bits per heavy atom. The Bertz CT molecular complexity index is 995. The van der Waals surface area contributed by atoms with Crippen molar-refractivity contribution in [2.75, 3.05) is 0 Å². The first-order chi connectivity index (χ1) is 10.4.